The van der Waals surface area contributed by atoms with Crippen LogP contribution in [0.5, 0.6) is 0 Å². The first-order valence-corrected chi connectivity index (χ1v) is 10.2. The number of aliphatic imine (C=N–C) groups is 1. The van der Waals surface area contributed by atoms with Crippen LogP contribution in [0, 0.1) is 13.8 Å². The molecule has 5 nitrogen and oxygen atoms in total. The van der Waals surface area contributed by atoms with Gasteiger partial charge in [-0.25, -0.2) is 0 Å². The van der Waals surface area contributed by atoms with E-state index in [9.17, 15) is 9.59 Å². The lowest BCUT2D eigenvalue weighted by molar-refractivity contribution is -0.153. The number of thiophene rings is 1. The zero-order valence-corrected chi connectivity index (χ0v) is 18.2. The zero-order valence-electron chi connectivity index (χ0n) is 16.6. The molecule has 0 saturated carbocycles. The van der Waals surface area contributed by atoms with Gasteiger partial charge in [0.15, 0.2) is 0 Å². The van der Waals surface area contributed by atoms with Crippen LogP contribution in [-0.2, 0) is 14.3 Å². The highest BCUT2D eigenvalue weighted by Crippen LogP contribution is 2.38. The van der Waals surface area contributed by atoms with E-state index in [1.807, 2.05) is 46.8 Å². The Hall–Kier alpha value is -2.18. The molecular weight excluding hydrogens is 396 g/mol. The molecule has 0 N–H and O–H groups in total. The summed E-state index contributed by atoms with van der Waals surface area (Å²) in [6, 6.07) is 7.40. The molecule has 0 radical (unpaired) electrons. The average molecular weight is 419 g/mol. The quantitative estimate of drug-likeness (QED) is 0.687. The molecule has 3 rings (SSSR count). The standard InChI is InChI=1S/C21H23ClN2O3S/c1-12-13(2)28-20-18(12)19(14-6-8-15(22)9-7-14)23-10-16(25)24(20)11-17(26)27-21(3,4)5/h6-9H,10-11H2,1-5H3. The Kier molecular flexibility index (Phi) is 5.64. The summed E-state index contributed by atoms with van der Waals surface area (Å²) >= 11 is 7.52. The second kappa shape index (κ2) is 7.68. The van der Waals surface area contributed by atoms with Crippen LogP contribution < -0.4 is 4.90 Å². The molecule has 1 aromatic heterocycles. The summed E-state index contributed by atoms with van der Waals surface area (Å²) in [6.07, 6.45) is 0. The van der Waals surface area contributed by atoms with Gasteiger partial charge in [0, 0.05) is 21.0 Å². The first kappa shape index (κ1) is 20.6. The third kappa shape index (κ3) is 4.28. The predicted octanol–water partition coefficient (Wildman–Crippen LogP) is 4.54. The second-order valence-electron chi connectivity index (χ2n) is 7.70. The van der Waals surface area contributed by atoms with Crippen molar-refractivity contribution in [3.8, 4) is 0 Å². The van der Waals surface area contributed by atoms with E-state index in [1.54, 1.807) is 12.1 Å². The predicted molar refractivity (Wildman–Crippen MR) is 114 cm³/mol. The molecule has 148 valence electrons. The average Bonchev–Trinajstić information content (AvgIpc) is 2.80. The Balaban J connectivity index is 2.05. The summed E-state index contributed by atoms with van der Waals surface area (Å²) in [5, 5.41) is 1.37. The molecule has 0 bridgehead atoms. The van der Waals surface area contributed by atoms with E-state index in [0.717, 1.165) is 32.3 Å². The SMILES string of the molecule is Cc1sc2c(c1C)C(c1ccc(Cl)cc1)=NCC(=O)N2CC(=O)OC(C)(C)C. The molecular formula is C21H23ClN2O3S. The van der Waals surface area contributed by atoms with E-state index < -0.39 is 11.6 Å². The van der Waals surface area contributed by atoms with Gasteiger partial charge in [0.1, 0.15) is 23.7 Å². The van der Waals surface area contributed by atoms with Crippen LogP contribution in [0.25, 0.3) is 0 Å². The number of carbonyl (C=O) groups is 2. The number of anilines is 1. The number of nitrogens with zero attached hydrogens (tertiary/aromatic N) is 2. The summed E-state index contributed by atoms with van der Waals surface area (Å²) in [5.41, 5.74) is 2.96. The number of benzene rings is 1. The van der Waals surface area contributed by atoms with Gasteiger partial charge in [-0.15, -0.1) is 11.3 Å². The van der Waals surface area contributed by atoms with Gasteiger partial charge < -0.3 is 4.74 Å². The van der Waals surface area contributed by atoms with Crippen molar-refractivity contribution in [3.05, 3.63) is 50.9 Å². The minimum absolute atomic E-state index is 0.0271. The van der Waals surface area contributed by atoms with Crippen LogP contribution in [0.15, 0.2) is 29.3 Å². The normalized spacial score (nSPS) is 14.4. The molecule has 2 aromatic rings. The van der Waals surface area contributed by atoms with E-state index in [1.165, 1.54) is 16.2 Å². The Bertz CT molecular complexity index is 955. The molecule has 1 aliphatic rings. The summed E-state index contributed by atoms with van der Waals surface area (Å²) in [6.45, 7) is 9.28. The van der Waals surface area contributed by atoms with Crippen molar-refractivity contribution >= 4 is 45.5 Å². The molecule has 1 amide bonds. The summed E-state index contributed by atoms with van der Waals surface area (Å²) in [5.74, 6) is -0.664. The second-order valence-corrected chi connectivity index (χ2v) is 9.34. The van der Waals surface area contributed by atoms with Gasteiger partial charge in [-0.05, 0) is 52.3 Å². The number of amides is 1. The van der Waals surface area contributed by atoms with Crippen molar-refractivity contribution in [3.63, 3.8) is 0 Å². The molecule has 0 atom stereocenters. The van der Waals surface area contributed by atoms with Crippen molar-refractivity contribution in [2.24, 2.45) is 4.99 Å². The van der Waals surface area contributed by atoms with Gasteiger partial charge >= 0.3 is 5.97 Å². The van der Waals surface area contributed by atoms with Gasteiger partial charge in [0.05, 0.1) is 5.71 Å². The molecule has 0 saturated heterocycles. The Morgan fingerprint density at radius 1 is 1.25 bits per heavy atom. The van der Waals surface area contributed by atoms with Crippen LogP contribution >= 0.6 is 22.9 Å². The number of rotatable bonds is 3. The van der Waals surface area contributed by atoms with Gasteiger partial charge in [-0.1, -0.05) is 23.7 Å². The Morgan fingerprint density at radius 3 is 2.50 bits per heavy atom. The lowest BCUT2D eigenvalue weighted by Crippen LogP contribution is -2.39. The minimum Gasteiger partial charge on any atom is -0.459 e. The largest absolute Gasteiger partial charge is 0.459 e. The highest BCUT2D eigenvalue weighted by atomic mass is 35.5. The van der Waals surface area contributed by atoms with E-state index in [-0.39, 0.29) is 19.0 Å². The number of carbonyl (C=O) groups excluding carboxylic acids is 2. The number of halogens is 1. The van der Waals surface area contributed by atoms with Gasteiger partial charge in [0.2, 0.25) is 5.91 Å². The number of hydrogen-bond acceptors (Lipinski definition) is 5. The number of hydrogen-bond donors (Lipinski definition) is 0. The first-order valence-electron chi connectivity index (χ1n) is 9.00. The van der Waals surface area contributed by atoms with Gasteiger partial charge in [-0.3, -0.25) is 19.5 Å². The molecule has 0 unspecified atom stereocenters. The van der Waals surface area contributed by atoms with Crippen LogP contribution in [0.3, 0.4) is 0 Å². The van der Waals surface area contributed by atoms with Gasteiger partial charge in [-0.2, -0.15) is 0 Å². The Labute approximate surface area is 174 Å². The van der Waals surface area contributed by atoms with Crippen molar-refractivity contribution in [2.75, 3.05) is 18.0 Å². The molecule has 1 aromatic carbocycles. The molecule has 1 aliphatic heterocycles. The van der Waals surface area contributed by atoms with E-state index in [0.29, 0.717) is 5.02 Å². The Morgan fingerprint density at radius 2 is 1.89 bits per heavy atom. The summed E-state index contributed by atoms with van der Waals surface area (Å²) < 4.78 is 5.43. The summed E-state index contributed by atoms with van der Waals surface area (Å²) in [4.78, 5) is 32.4. The molecule has 28 heavy (non-hydrogen) atoms. The minimum atomic E-state index is -0.610. The highest BCUT2D eigenvalue weighted by Gasteiger charge is 2.32. The van der Waals surface area contributed by atoms with E-state index >= 15 is 0 Å². The third-order valence-corrected chi connectivity index (χ3v) is 5.83. The van der Waals surface area contributed by atoms with Crippen molar-refractivity contribution in [1.82, 2.24) is 0 Å². The lowest BCUT2D eigenvalue weighted by atomic mass is 10.00. The molecule has 0 fully saturated rings. The maximum atomic E-state index is 12.8. The number of aryl methyl sites for hydroxylation is 1. The zero-order chi connectivity index (χ0) is 20.6. The molecule has 0 aliphatic carbocycles. The maximum absolute atomic E-state index is 12.8. The number of esters is 1. The first-order chi connectivity index (χ1) is 13.1. The monoisotopic (exact) mass is 418 g/mol. The number of fused-ring (bicyclic) bond motifs is 1. The van der Waals surface area contributed by atoms with Crippen LogP contribution in [-0.4, -0.2) is 36.3 Å². The lowest BCUT2D eigenvalue weighted by Gasteiger charge is -2.24. The molecule has 2 heterocycles. The smallest absolute Gasteiger partial charge is 0.326 e. The topological polar surface area (TPSA) is 59.0 Å². The summed E-state index contributed by atoms with van der Waals surface area (Å²) in [7, 11) is 0. The molecule has 0 spiro atoms. The van der Waals surface area contributed by atoms with Crippen molar-refractivity contribution < 1.29 is 14.3 Å². The molecule has 7 heteroatoms. The van der Waals surface area contributed by atoms with Crippen molar-refractivity contribution in [2.45, 2.75) is 40.2 Å². The third-order valence-electron chi connectivity index (χ3n) is 4.35. The maximum Gasteiger partial charge on any atom is 0.326 e. The number of ether oxygens (including phenoxy) is 1. The van der Waals surface area contributed by atoms with Crippen LogP contribution in [0.4, 0.5) is 5.00 Å². The van der Waals surface area contributed by atoms with E-state index in [4.69, 9.17) is 16.3 Å². The fourth-order valence-electron chi connectivity index (χ4n) is 3.01. The highest BCUT2D eigenvalue weighted by molar-refractivity contribution is 7.17. The fraction of sp³-hybridized carbons (Fsp3) is 0.381. The van der Waals surface area contributed by atoms with E-state index in [2.05, 4.69) is 4.99 Å². The van der Waals surface area contributed by atoms with Gasteiger partial charge in [0.25, 0.3) is 0 Å². The van der Waals surface area contributed by atoms with Crippen LogP contribution in [0.2, 0.25) is 5.02 Å². The van der Waals surface area contributed by atoms with Crippen LogP contribution in [0.1, 0.15) is 42.3 Å². The fourth-order valence-corrected chi connectivity index (χ4v) is 4.31. The van der Waals surface area contributed by atoms with Crippen molar-refractivity contribution in [1.29, 1.82) is 0 Å².